The zero-order valence-electron chi connectivity index (χ0n) is 18.1. The maximum absolute atomic E-state index is 12.7. The molecule has 1 N–H and O–H groups in total. The van der Waals surface area contributed by atoms with E-state index in [1.807, 2.05) is 48.9 Å². The summed E-state index contributed by atoms with van der Waals surface area (Å²) in [5.41, 5.74) is 4.26. The Morgan fingerprint density at radius 1 is 1.16 bits per heavy atom. The maximum Gasteiger partial charge on any atom is 0.293 e. The van der Waals surface area contributed by atoms with E-state index in [0.717, 1.165) is 22.6 Å². The molecule has 0 atom stereocenters. The molecule has 166 valence electrons. The number of nitro groups is 1. The first-order valence-electron chi connectivity index (χ1n) is 10.5. The lowest BCUT2D eigenvalue weighted by Crippen LogP contribution is -2.40. The van der Waals surface area contributed by atoms with Crippen molar-refractivity contribution in [1.29, 1.82) is 0 Å². The summed E-state index contributed by atoms with van der Waals surface area (Å²) in [4.78, 5) is 25.6. The first kappa shape index (κ1) is 21.5. The first-order chi connectivity index (χ1) is 15.5. The molecule has 0 saturated carbocycles. The molecule has 1 aliphatic heterocycles. The van der Waals surface area contributed by atoms with Gasteiger partial charge in [-0.1, -0.05) is 18.2 Å². The number of para-hydroxylation sites is 1. The van der Waals surface area contributed by atoms with E-state index in [9.17, 15) is 14.9 Å². The third kappa shape index (κ3) is 4.33. The molecule has 3 aromatic rings. The Hall–Kier alpha value is -3.72. The summed E-state index contributed by atoms with van der Waals surface area (Å²) in [6.07, 6.45) is 0. The van der Waals surface area contributed by atoms with Crippen LogP contribution in [0.5, 0.6) is 0 Å². The molecule has 9 heteroatoms. The van der Waals surface area contributed by atoms with Gasteiger partial charge in [-0.15, -0.1) is 0 Å². The minimum absolute atomic E-state index is 0.130. The van der Waals surface area contributed by atoms with Crippen molar-refractivity contribution >= 4 is 17.3 Å². The summed E-state index contributed by atoms with van der Waals surface area (Å²) in [5.74, 6) is -0.223. The quantitative estimate of drug-likeness (QED) is 0.470. The summed E-state index contributed by atoms with van der Waals surface area (Å²) in [6, 6.07) is 14.4. The SMILES string of the molecule is Cc1nn(-c2ccccc2)c(C)c1CNc1ccc(C(=O)N2CCOCC2)cc1[N+](=O)[O-]. The Kier molecular flexibility index (Phi) is 6.18. The molecule has 2 aromatic carbocycles. The van der Waals surface area contributed by atoms with Gasteiger partial charge < -0.3 is 15.0 Å². The fraction of sp³-hybridized carbons (Fsp3) is 0.304. The third-order valence-electron chi connectivity index (χ3n) is 5.64. The number of aromatic nitrogens is 2. The van der Waals surface area contributed by atoms with Crippen LogP contribution in [0.1, 0.15) is 27.3 Å². The molecule has 9 nitrogen and oxygen atoms in total. The Bertz CT molecular complexity index is 1140. The molecule has 0 bridgehead atoms. The van der Waals surface area contributed by atoms with Crippen LogP contribution in [0.15, 0.2) is 48.5 Å². The average molecular weight is 435 g/mol. The van der Waals surface area contributed by atoms with E-state index in [1.165, 1.54) is 6.07 Å². The van der Waals surface area contributed by atoms with Crippen molar-refractivity contribution in [3.63, 3.8) is 0 Å². The molecule has 1 amide bonds. The van der Waals surface area contributed by atoms with Gasteiger partial charge in [-0.3, -0.25) is 14.9 Å². The lowest BCUT2D eigenvalue weighted by atomic mass is 10.1. The minimum atomic E-state index is -0.467. The van der Waals surface area contributed by atoms with Crippen LogP contribution in [-0.4, -0.2) is 51.8 Å². The fourth-order valence-electron chi connectivity index (χ4n) is 3.85. The number of carbonyl (C=O) groups excluding carboxylic acids is 1. The molecule has 0 aliphatic carbocycles. The van der Waals surface area contributed by atoms with E-state index >= 15 is 0 Å². The number of hydrogen-bond donors (Lipinski definition) is 1. The number of nitrogens with zero attached hydrogens (tertiary/aromatic N) is 4. The van der Waals surface area contributed by atoms with Crippen LogP contribution in [-0.2, 0) is 11.3 Å². The van der Waals surface area contributed by atoms with E-state index in [0.29, 0.717) is 44.1 Å². The second-order valence-electron chi connectivity index (χ2n) is 7.64. The Morgan fingerprint density at radius 2 is 1.88 bits per heavy atom. The number of hydrogen-bond acceptors (Lipinski definition) is 6. The minimum Gasteiger partial charge on any atom is -0.378 e. The number of nitrogens with one attached hydrogen (secondary N) is 1. The molecule has 0 radical (unpaired) electrons. The van der Waals surface area contributed by atoms with Crippen molar-refractivity contribution in [2.24, 2.45) is 0 Å². The highest BCUT2D eigenvalue weighted by Crippen LogP contribution is 2.28. The van der Waals surface area contributed by atoms with E-state index in [2.05, 4.69) is 10.4 Å². The van der Waals surface area contributed by atoms with E-state index in [1.54, 1.807) is 17.0 Å². The first-order valence-corrected chi connectivity index (χ1v) is 10.5. The van der Waals surface area contributed by atoms with Crippen LogP contribution < -0.4 is 5.32 Å². The van der Waals surface area contributed by atoms with Crippen LogP contribution in [0.3, 0.4) is 0 Å². The topological polar surface area (TPSA) is 103 Å². The van der Waals surface area contributed by atoms with Crippen molar-refractivity contribution in [2.45, 2.75) is 20.4 Å². The van der Waals surface area contributed by atoms with Gasteiger partial charge in [-0.25, -0.2) is 4.68 Å². The number of benzene rings is 2. The third-order valence-corrected chi connectivity index (χ3v) is 5.64. The maximum atomic E-state index is 12.7. The molecule has 0 unspecified atom stereocenters. The van der Waals surface area contributed by atoms with Crippen molar-refractivity contribution in [3.8, 4) is 5.69 Å². The van der Waals surface area contributed by atoms with E-state index in [-0.39, 0.29) is 11.6 Å². The summed E-state index contributed by atoms with van der Waals surface area (Å²) in [6.45, 7) is 6.19. The standard InChI is InChI=1S/C23H25N5O4/c1-16-20(17(2)27(25-16)19-6-4-3-5-7-19)15-24-21-9-8-18(14-22(21)28(30)31)23(29)26-10-12-32-13-11-26/h3-9,14,24H,10-13,15H2,1-2H3. The predicted molar refractivity (Wildman–Crippen MR) is 120 cm³/mol. The smallest absolute Gasteiger partial charge is 0.293 e. The van der Waals surface area contributed by atoms with Crippen molar-refractivity contribution < 1.29 is 14.5 Å². The molecule has 1 saturated heterocycles. The number of amides is 1. The highest BCUT2D eigenvalue weighted by Gasteiger charge is 2.23. The van der Waals surface area contributed by atoms with E-state index in [4.69, 9.17) is 4.74 Å². The summed E-state index contributed by atoms with van der Waals surface area (Å²) >= 11 is 0. The summed E-state index contributed by atoms with van der Waals surface area (Å²) in [7, 11) is 0. The van der Waals surface area contributed by atoms with Gasteiger partial charge in [-0.05, 0) is 38.1 Å². The molecule has 32 heavy (non-hydrogen) atoms. The van der Waals surface area contributed by atoms with Gasteiger partial charge in [0.05, 0.1) is 29.5 Å². The van der Waals surface area contributed by atoms with Crippen LogP contribution >= 0.6 is 0 Å². The van der Waals surface area contributed by atoms with Crippen molar-refractivity contribution in [1.82, 2.24) is 14.7 Å². The molecular weight excluding hydrogens is 410 g/mol. The molecule has 1 fully saturated rings. The normalized spacial score (nSPS) is 13.8. The Balaban J connectivity index is 1.55. The molecule has 0 spiro atoms. The highest BCUT2D eigenvalue weighted by atomic mass is 16.6. The van der Waals surface area contributed by atoms with Crippen LogP contribution in [0.25, 0.3) is 5.69 Å². The summed E-state index contributed by atoms with van der Waals surface area (Å²) in [5, 5.41) is 19.5. The molecule has 1 aromatic heterocycles. The number of morpholine rings is 1. The molecule has 1 aliphatic rings. The van der Waals surface area contributed by atoms with Gasteiger partial charge in [0.2, 0.25) is 0 Å². The van der Waals surface area contributed by atoms with Gasteiger partial charge >= 0.3 is 0 Å². The largest absolute Gasteiger partial charge is 0.378 e. The van der Waals surface area contributed by atoms with Crippen molar-refractivity contribution in [2.75, 3.05) is 31.6 Å². The van der Waals surface area contributed by atoms with Gasteiger partial charge in [-0.2, -0.15) is 5.10 Å². The zero-order valence-corrected chi connectivity index (χ0v) is 18.1. The van der Waals surface area contributed by atoms with E-state index < -0.39 is 4.92 Å². The lowest BCUT2D eigenvalue weighted by Gasteiger charge is -2.26. The second-order valence-corrected chi connectivity index (χ2v) is 7.64. The predicted octanol–water partition coefficient (Wildman–Crippen LogP) is 3.48. The molecule has 2 heterocycles. The van der Waals surface area contributed by atoms with Crippen LogP contribution in [0.2, 0.25) is 0 Å². The number of nitro benzene ring substituents is 1. The highest BCUT2D eigenvalue weighted by molar-refractivity contribution is 5.95. The Morgan fingerprint density at radius 3 is 2.56 bits per heavy atom. The summed E-state index contributed by atoms with van der Waals surface area (Å²) < 4.78 is 7.14. The number of aryl methyl sites for hydroxylation is 1. The molecular formula is C23H25N5O4. The van der Waals surface area contributed by atoms with Gasteiger partial charge in [0.1, 0.15) is 5.69 Å². The number of anilines is 1. The lowest BCUT2D eigenvalue weighted by molar-refractivity contribution is -0.384. The monoisotopic (exact) mass is 435 g/mol. The van der Waals surface area contributed by atoms with Gasteiger partial charge in [0, 0.05) is 42.5 Å². The molecule has 4 rings (SSSR count). The van der Waals surface area contributed by atoms with Gasteiger partial charge in [0.15, 0.2) is 0 Å². The number of rotatable bonds is 6. The second kappa shape index (κ2) is 9.19. The van der Waals surface area contributed by atoms with Gasteiger partial charge in [0.25, 0.3) is 11.6 Å². The number of carbonyl (C=O) groups is 1. The average Bonchev–Trinajstić information content (AvgIpc) is 3.11. The number of ether oxygens (including phenoxy) is 1. The fourth-order valence-corrected chi connectivity index (χ4v) is 3.85. The van der Waals surface area contributed by atoms with Crippen molar-refractivity contribution in [3.05, 3.63) is 81.2 Å². The van der Waals surface area contributed by atoms with Crippen LogP contribution in [0, 0.1) is 24.0 Å². The van der Waals surface area contributed by atoms with Crippen LogP contribution in [0.4, 0.5) is 11.4 Å². The Labute approximate surface area is 185 Å². The zero-order chi connectivity index (χ0) is 22.7.